The SMILES string of the molecule is CN(C)C(=O)C[NH+](C)CC(=O)NCCCc1ccccc1. The number of amides is 2. The summed E-state index contributed by atoms with van der Waals surface area (Å²) in [6, 6.07) is 10.2. The first-order valence-corrected chi connectivity index (χ1v) is 7.31. The first kappa shape index (κ1) is 17.2. The number of nitrogens with one attached hydrogen (secondary N) is 2. The van der Waals surface area contributed by atoms with Crippen molar-refractivity contribution in [3.05, 3.63) is 35.9 Å². The number of carbonyl (C=O) groups excluding carboxylic acids is 2. The molecule has 0 aliphatic heterocycles. The van der Waals surface area contributed by atoms with Crippen LogP contribution in [0.2, 0.25) is 0 Å². The highest BCUT2D eigenvalue weighted by atomic mass is 16.2. The van der Waals surface area contributed by atoms with Crippen LogP contribution in [0.25, 0.3) is 0 Å². The Balaban J connectivity index is 2.15. The zero-order valence-electron chi connectivity index (χ0n) is 13.2. The van der Waals surface area contributed by atoms with Crippen LogP contribution < -0.4 is 10.2 Å². The fourth-order valence-corrected chi connectivity index (χ4v) is 1.98. The van der Waals surface area contributed by atoms with Gasteiger partial charge in [0.2, 0.25) is 0 Å². The van der Waals surface area contributed by atoms with E-state index in [1.54, 1.807) is 19.0 Å². The van der Waals surface area contributed by atoms with Gasteiger partial charge in [0.05, 0.1) is 7.05 Å². The number of hydrogen-bond acceptors (Lipinski definition) is 2. The van der Waals surface area contributed by atoms with Gasteiger partial charge in [-0.2, -0.15) is 0 Å². The Kier molecular flexibility index (Phi) is 7.46. The van der Waals surface area contributed by atoms with Crippen LogP contribution in [-0.2, 0) is 16.0 Å². The first-order valence-electron chi connectivity index (χ1n) is 7.31. The van der Waals surface area contributed by atoms with Gasteiger partial charge in [-0.05, 0) is 18.4 Å². The average molecular weight is 292 g/mol. The maximum absolute atomic E-state index is 11.8. The van der Waals surface area contributed by atoms with Crippen molar-refractivity contribution in [1.82, 2.24) is 10.2 Å². The molecule has 1 atom stereocenters. The van der Waals surface area contributed by atoms with Crippen LogP contribution in [0.15, 0.2) is 30.3 Å². The summed E-state index contributed by atoms with van der Waals surface area (Å²) < 4.78 is 0. The van der Waals surface area contributed by atoms with Crippen LogP contribution in [0.5, 0.6) is 0 Å². The van der Waals surface area contributed by atoms with E-state index in [4.69, 9.17) is 0 Å². The maximum atomic E-state index is 11.8. The van der Waals surface area contributed by atoms with Gasteiger partial charge in [-0.3, -0.25) is 9.59 Å². The minimum absolute atomic E-state index is 0.00730. The highest BCUT2D eigenvalue weighted by Crippen LogP contribution is 2.01. The van der Waals surface area contributed by atoms with Crippen LogP contribution >= 0.6 is 0 Å². The van der Waals surface area contributed by atoms with E-state index in [0.717, 1.165) is 17.7 Å². The number of aryl methyl sites for hydroxylation is 1. The summed E-state index contributed by atoms with van der Waals surface area (Å²) in [4.78, 5) is 25.7. The molecule has 0 aliphatic carbocycles. The lowest BCUT2D eigenvalue weighted by molar-refractivity contribution is -0.862. The van der Waals surface area contributed by atoms with E-state index in [9.17, 15) is 9.59 Å². The van der Waals surface area contributed by atoms with Crippen LogP contribution in [-0.4, -0.2) is 57.5 Å². The van der Waals surface area contributed by atoms with Gasteiger partial charge in [0.1, 0.15) is 0 Å². The number of hydrogen-bond donors (Lipinski definition) is 2. The van der Waals surface area contributed by atoms with E-state index in [1.807, 2.05) is 25.2 Å². The minimum atomic E-state index is -0.00730. The molecule has 116 valence electrons. The van der Waals surface area contributed by atoms with Gasteiger partial charge in [0.15, 0.2) is 13.1 Å². The van der Waals surface area contributed by atoms with Crippen LogP contribution in [0.4, 0.5) is 0 Å². The van der Waals surface area contributed by atoms with Gasteiger partial charge in [0.25, 0.3) is 11.8 Å². The Labute approximate surface area is 126 Å². The summed E-state index contributed by atoms with van der Waals surface area (Å²) in [5.74, 6) is 0.0245. The molecule has 1 aromatic rings. The Morgan fingerprint density at radius 3 is 2.43 bits per heavy atom. The molecule has 0 radical (unpaired) electrons. The Bertz CT molecular complexity index is 446. The molecule has 0 spiro atoms. The zero-order chi connectivity index (χ0) is 15.7. The molecule has 2 amide bonds. The van der Waals surface area contributed by atoms with E-state index in [0.29, 0.717) is 19.6 Å². The average Bonchev–Trinajstić information content (AvgIpc) is 2.44. The molecular formula is C16H26N3O2+. The second kappa shape index (κ2) is 9.13. The van der Waals surface area contributed by atoms with Crippen LogP contribution in [0.1, 0.15) is 12.0 Å². The molecule has 0 fully saturated rings. The summed E-state index contributed by atoms with van der Waals surface area (Å²) >= 11 is 0. The number of carbonyl (C=O) groups is 2. The van der Waals surface area contributed by atoms with E-state index < -0.39 is 0 Å². The second-order valence-electron chi connectivity index (χ2n) is 5.54. The second-order valence-corrected chi connectivity index (χ2v) is 5.54. The third-order valence-electron chi connectivity index (χ3n) is 3.22. The third kappa shape index (κ3) is 7.46. The molecule has 5 heteroatoms. The largest absolute Gasteiger partial charge is 0.351 e. The smallest absolute Gasteiger partial charge is 0.277 e. The Morgan fingerprint density at radius 2 is 1.81 bits per heavy atom. The molecule has 1 aromatic carbocycles. The van der Waals surface area contributed by atoms with Crippen molar-refractivity contribution < 1.29 is 14.5 Å². The van der Waals surface area contributed by atoms with Crippen LogP contribution in [0.3, 0.4) is 0 Å². The molecule has 5 nitrogen and oxygen atoms in total. The Hall–Kier alpha value is -1.88. The first-order chi connectivity index (χ1) is 9.99. The summed E-state index contributed by atoms with van der Waals surface area (Å²) in [7, 11) is 5.30. The predicted molar refractivity (Wildman–Crippen MR) is 83.1 cm³/mol. The molecule has 1 rings (SSSR count). The van der Waals surface area contributed by atoms with Gasteiger partial charge in [-0.15, -0.1) is 0 Å². The van der Waals surface area contributed by atoms with Crippen molar-refractivity contribution in [3.63, 3.8) is 0 Å². The quantitative estimate of drug-likeness (QED) is 0.625. The van der Waals surface area contributed by atoms with Gasteiger partial charge in [-0.1, -0.05) is 30.3 Å². The molecular weight excluding hydrogens is 266 g/mol. The summed E-state index contributed by atoms with van der Waals surface area (Å²) in [5.41, 5.74) is 1.28. The lowest BCUT2D eigenvalue weighted by Gasteiger charge is -2.16. The van der Waals surface area contributed by atoms with Crippen molar-refractivity contribution in [3.8, 4) is 0 Å². The van der Waals surface area contributed by atoms with Gasteiger partial charge >= 0.3 is 0 Å². The fourth-order valence-electron chi connectivity index (χ4n) is 1.98. The van der Waals surface area contributed by atoms with E-state index in [1.165, 1.54) is 5.56 Å². The number of benzene rings is 1. The number of likely N-dealkylation sites (N-methyl/N-ethyl adjacent to an activating group) is 2. The van der Waals surface area contributed by atoms with E-state index in [2.05, 4.69) is 17.4 Å². The molecule has 1 unspecified atom stereocenters. The topological polar surface area (TPSA) is 53.9 Å². The maximum Gasteiger partial charge on any atom is 0.277 e. The van der Waals surface area contributed by atoms with Gasteiger partial charge in [-0.25, -0.2) is 0 Å². The lowest BCUT2D eigenvalue weighted by atomic mass is 10.1. The fraction of sp³-hybridized carbons (Fsp3) is 0.500. The highest BCUT2D eigenvalue weighted by molar-refractivity contribution is 5.78. The lowest BCUT2D eigenvalue weighted by Crippen LogP contribution is -3.11. The van der Waals surface area contributed by atoms with Crippen LogP contribution in [0, 0.1) is 0 Å². The Morgan fingerprint density at radius 1 is 1.14 bits per heavy atom. The van der Waals surface area contributed by atoms with Crippen molar-refractivity contribution in [2.75, 3.05) is 40.8 Å². The van der Waals surface area contributed by atoms with Crippen molar-refractivity contribution in [2.45, 2.75) is 12.8 Å². The molecule has 0 aliphatic rings. The summed E-state index contributed by atoms with van der Waals surface area (Å²) in [6.45, 7) is 1.33. The van der Waals surface area contributed by atoms with Gasteiger partial charge < -0.3 is 15.1 Å². The molecule has 0 aromatic heterocycles. The summed E-state index contributed by atoms with van der Waals surface area (Å²) in [5, 5.41) is 2.90. The third-order valence-corrected chi connectivity index (χ3v) is 3.22. The van der Waals surface area contributed by atoms with Crippen molar-refractivity contribution in [1.29, 1.82) is 0 Å². The standard InChI is InChI=1S/C16H25N3O2/c1-18(2)16(21)13-19(3)12-15(20)17-11-7-10-14-8-5-4-6-9-14/h4-6,8-9H,7,10-13H2,1-3H3,(H,17,20)/p+1. The molecule has 0 saturated carbocycles. The number of quaternary nitrogens is 1. The molecule has 2 N–H and O–H groups in total. The van der Waals surface area contributed by atoms with E-state index in [-0.39, 0.29) is 11.8 Å². The minimum Gasteiger partial charge on any atom is -0.351 e. The molecule has 0 saturated heterocycles. The number of nitrogens with zero attached hydrogens (tertiary/aromatic N) is 1. The van der Waals surface area contributed by atoms with E-state index >= 15 is 0 Å². The van der Waals surface area contributed by atoms with Gasteiger partial charge in [0, 0.05) is 20.6 Å². The zero-order valence-corrected chi connectivity index (χ0v) is 13.2. The monoisotopic (exact) mass is 292 g/mol. The van der Waals surface area contributed by atoms with Crippen molar-refractivity contribution in [2.24, 2.45) is 0 Å². The molecule has 0 bridgehead atoms. The van der Waals surface area contributed by atoms with Crippen molar-refractivity contribution >= 4 is 11.8 Å². The highest BCUT2D eigenvalue weighted by Gasteiger charge is 2.14. The number of rotatable bonds is 8. The predicted octanol–water partition coefficient (Wildman–Crippen LogP) is -0.662. The normalized spacial score (nSPS) is 11.8. The molecule has 21 heavy (non-hydrogen) atoms. The molecule has 0 heterocycles. The summed E-state index contributed by atoms with van der Waals surface area (Å²) in [6.07, 6.45) is 1.88.